The van der Waals surface area contributed by atoms with Gasteiger partial charge in [-0.1, -0.05) is 12.1 Å². The molecule has 0 spiro atoms. The van der Waals surface area contributed by atoms with E-state index in [0.717, 1.165) is 21.9 Å². The molecule has 0 N–H and O–H groups in total. The summed E-state index contributed by atoms with van der Waals surface area (Å²) in [5, 5.41) is 4.44. The van der Waals surface area contributed by atoms with E-state index in [1.807, 2.05) is 13.0 Å². The molecule has 0 aliphatic heterocycles. The molecule has 11 heteroatoms. The number of hydrogen-bond donors (Lipinski definition) is 0. The van der Waals surface area contributed by atoms with Crippen molar-refractivity contribution in [2.24, 2.45) is 0 Å². The maximum atomic E-state index is 14.6. The Kier molecular flexibility index (Phi) is 7.64. The Morgan fingerprint density at radius 1 is 0.975 bits per heavy atom. The normalized spacial score (nSPS) is 17.6. The van der Waals surface area contributed by atoms with Crippen LogP contribution in [0.2, 0.25) is 0 Å². The van der Waals surface area contributed by atoms with Crippen molar-refractivity contribution in [1.82, 2.24) is 24.7 Å². The summed E-state index contributed by atoms with van der Waals surface area (Å²) in [6.45, 7) is 3.31. The quantitative estimate of drug-likeness (QED) is 0.263. The van der Waals surface area contributed by atoms with Gasteiger partial charge in [-0.25, -0.2) is 19.0 Å². The number of rotatable bonds is 6. The van der Waals surface area contributed by atoms with E-state index in [0.29, 0.717) is 48.3 Å². The average molecular weight is 554 g/mol. The maximum Gasteiger partial charge on any atom is 0.573 e. The van der Waals surface area contributed by atoms with Gasteiger partial charge in [0.25, 0.3) is 5.56 Å². The van der Waals surface area contributed by atoms with E-state index in [1.54, 1.807) is 31.5 Å². The van der Waals surface area contributed by atoms with Crippen LogP contribution in [-0.4, -0.2) is 31.1 Å². The van der Waals surface area contributed by atoms with E-state index < -0.39 is 17.7 Å². The monoisotopic (exact) mass is 553 g/mol. The molecule has 1 aromatic carbocycles. The highest BCUT2D eigenvalue weighted by atomic mass is 19.4. The molecule has 1 aliphatic rings. The molecule has 7 nitrogen and oxygen atoms in total. The van der Waals surface area contributed by atoms with Crippen molar-refractivity contribution in [2.45, 2.75) is 64.3 Å². The van der Waals surface area contributed by atoms with Gasteiger partial charge in [-0.2, -0.15) is 5.10 Å². The second-order valence-electron chi connectivity index (χ2n) is 9.98. The number of nitrogens with zero attached hydrogens (tertiary/aromatic N) is 5. The largest absolute Gasteiger partial charge is 0.573 e. The summed E-state index contributed by atoms with van der Waals surface area (Å²) in [6, 6.07) is 9.24. The predicted octanol–water partition coefficient (Wildman–Crippen LogP) is 6.24. The van der Waals surface area contributed by atoms with Gasteiger partial charge in [0.2, 0.25) is 0 Å². The average Bonchev–Trinajstić information content (AvgIpc) is 2.91. The maximum absolute atomic E-state index is 14.6. The lowest BCUT2D eigenvalue weighted by Crippen LogP contribution is -2.30. The highest BCUT2D eigenvalue weighted by Crippen LogP contribution is 2.41. The molecule has 1 saturated carbocycles. The van der Waals surface area contributed by atoms with Crippen molar-refractivity contribution in [2.75, 3.05) is 0 Å². The third-order valence-corrected chi connectivity index (χ3v) is 7.30. The van der Waals surface area contributed by atoms with E-state index in [2.05, 4.69) is 24.8 Å². The van der Waals surface area contributed by atoms with Crippen molar-refractivity contribution >= 4 is 0 Å². The van der Waals surface area contributed by atoms with Crippen LogP contribution in [-0.2, 0) is 6.54 Å². The Morgan fingerprint density at radius 2 is 1.68 bits per heavy atom. The first kappa shape index (κ1) is 27.4. The molecule has 1 fully saturated rings. The van der Waals surface area contributed by atoms with Crippen molar-refractivity contribution in [1.29, 1.82) is 0 Å². The Morgan fingerprint density at radius 3 is 2.35 bits per heavy atom. The molecule has 5 rings (SSSR count). The Hall–Kier alpha value is -4.15. The zero-order valence-electron chi connectivity index (χ0n) is 22.0. The number of halogens is 4. The zero-order chi connectivity index (χ0) is 28.4. The van der Waals surface area contributed by atoms with E-state index in [-0.39, 0.29) is 29.9 Å². The second kappa shape index (κ2) is 11.1. The third-order valence-electron chi connectivity index (χ3n) is 7.30. The fourth-order valence-electron chi connectivity index (χ4n) is 5.38. The van der Waals surface area contributed by atoms with Gasteiger partial charge in [0.05, 0.1) is 12.2 Å². The molecule has 1 aliphatic carbocycles. The van der Waals surface area contributed by atoms with Gasteiger partial charge in [0.15, 0.2) is 5.75 Å². The number of aryl methyl sites for hydroxylation is 2. The van der Waals surface area contributed by atoms with Gasteiger partial charge in [-0.05, 0) is 86.8 Å². The fourth-order valence-corrected chi connectivity index (χ4v) is 5.38. The van der Waals surface area contributed by atoms with E-state index >= 15 is 0 Å². The highest BCUT2D eigenvalue weighted by Gasteiger charge is 2.33. The number of ether oxygens (including phenoxy) is 1. The number of alkyl halides is 3. The highest BCUT2D eigenvalue weighted by molar-refractivity contribution is 5.57. The zero-order valence-corrected chi connectivity index (χ0v) is 22.0. The fraction of sp³-hybridized carbons (Fsp3) is 0.345. The van der Waals surface area contributed by atoms with Gasteiger partial charge in [-0.3, -0.25) is 9.78 Å². The molecule has 0 amide bonds. The topological polar surface area (TPSA) is 82.8 Å². The molecular formula is C29H27F4N5O2. The molecular weight excluding hydrogens is 526 g/mol. The summed E-state index contributed by atoms with van der Waals surface area (Å²) in [5.41, 5.74) is 2.58. The second-order valence-corrected chi connectivity index (χ2v) is 9.98. The van der Waals surface area contributed by atoms with Crippen LogP contribution in [0.25, 0.3) is 11.3 Å². The number of hydrogen-bond acceptors (Lipinski definition) is 6. The third kappa shape index (κ3) is 6.03. The van der Waals surface area contributed by atoms with Crippen molar-refractivity contribution in [3.63, 3.8) is 0 Å². The minimum atomic E-state index is -4.92. The summed E-state index contributed by atoms with van der Waals surface area (Å²) in [6.07, 6.45) is 2.26. The number of aromatic nitrogens is 5. The lowest BCUT2D eigenvalue weighted by atomic mass is 9.75. The van der Waals surface area contributed by atoms with Gasteiger partial charge in [-0.15, -0.1) is 13.2 Å². The lowest BCUT2D eigenvalue weighted by Gasteiger charge is -2.30. The van der Waals surface area contributed by atoms with Gasteiger partial charge in [0, 0.05) is 29.7 Å². The molecule has 208 valence electrons. The number of benzene rings is 1. The van der Waals surface area contributed by atoms with Crippen LogP contribution in [0.4, 0.5) is 17.6 Å². The van der Waals surface area contributed by atoms with Gasteiger partial charge in [0.1, 0.15) is 17.3 Å². The summed E-state index contributed by atoms with van der Waals surface area (Å²) < 4.78 is 58.9. The van der Waals surface area contributed by atoms with Crippen LogP contribution in [0.15, 0.2) is 59.8 Å². The standard InChI is InChI=1S/C29H27F4N5O2/c1-17-5-3-6-23(30)27(17)20-10-8-19(9-11-20)22-13-24(21-14-35-18(2)36-15-21)37-38(28(22)39)16-25-26(7-4-12-34-25)40-29(31,32)33/h3-7,12-15,19-20H,8-11,16H2,1-2H3. The van der Waals surface area contributed by atoms with Crippen LogP contribution in [0.3, 0.4) is 0 Å². The Labute approximate surface area is 227 Å². The first-order chi connectivity index (χ1) is 19.1. The van der Waals surface area contributed by atoms with Gasteiger partial charge >= 0.3 is 6.36 Å². The van der Waals surface area contributed by atoms with Crippen LogP contribution in [0.5, 0.6) is 5.75 Å². The molecule has 3 heterocycles. The van der Waals surface area contributed by atoms with E-state index in [1.165, 1.54) is 18.3 Å². The summed E-state index contributed by atoms with van der Waals surface area (Å²) in [5.74, 6) is -0.257. The molecule has 0 saturated heterocycles. The summed E-state index contributed by atoms with van der Waals surface area (Å²) >= 11 is 0. The molecule has 3 aromatic heterocycles. The first-order valence-electron chi connectivity index (χ1n) is 12.9. The molecule has 0 atom stereocenters. The predicted molar refractivity (Wildman–Crippen MR) is 139 cm³/mol. The van der Waals surface area contributed by atoms with Crippen LogP contribution >= 0.6 is 0 Å². The molecule has 0 radical (unpaired) electrons. The summed E-state index contributed by atoms with van der Waals surface area (Å²) in [7, 11) is 0. The van der Waals surface area contributed by atoms with Crippen LogP contribution < -0.4 is 10.3 Å². The summed E-state index contributed by atoms with van der Waals surface area (Å²) in [4.78, 5) is 26.1. The van der Waals surface area contributed by atoms with Gasteiger partial charge < -0.3 is 4.74 Å². The minimum absolute atomic E-state index is 0.0436. The van der Waals surface area contributed by atoms with E-state index in [9.17, 15) is 22.4 Å². The first-order valence-corrected chi connectivity index (χ1v) is 12.9. The van der Waals surface area contributed by atoms with E-state index in [4.69, 9.17) is 0 Å². The van der Waals surface area contributed by atoms with Crippen molar-refractivity contribution < 1.29 is 22.3 Å². The molecule has 4 aromatic rings. The minimum Gasteiger partial charge on any atom is -0.404 e. The Bertz CT molecular complexity index is 1540. The molecule has 40 heavy (non-hydrogen) atoms. The van der Waals surface area contributed by atoms with Crippen molar-refractivity contribution in [3.05, 3.63) is 99.4 Å². The van der Waals surface area contributed by atoms with Crippen LogP contribution in [0.1, 0.15) is 65.7 Å². The lowest BCUT2D eigenvalue weighted by molar-refractivity contribution is -0.275. The number of pyridine rings is 1. The molecule has 0 unspecified atom stereocenters. The Balaban J connectivity index is 1.50. The SMILES string of the molecule is Cc1ncc(-c2cc(C3CCC(c4c(C)cccc4F)CC3)c(=O)n(Cc3ncccc3OC(F)(F)F)n2)cn1. The molecule has 0 bridgehead atoms. The van der Waals surface area contributed by atoms with Crippen molar-refractivity contribution in [3.8, 4) is 17.0 Å². The smallest absolute Gasteiger partial charge is 0.404 e. The van der Waals surface area contributed by atoms with Crippen LogP contribution in [0, 0.1) is 19.7 Å².